The summed E-state index contributed by atoms with van der Waals surface area (Å²) in [6, 6.07) is 9.96. The van der Waals surface area contributed by atoms with Crippen molar-refractivity contribution in [2.75, 3.05) is 38.2 Å². The van der Waals surface area contributed by atoms with E-state index >= 15 is 0 Å². The first-order chi connectivity index (χ1) is 18.5. The summed E-state index contributed by atoms with van der Waals surface area (Å²) in [6.07, 6.45) is 7.48. The average molecular weight is 515 g/mol. The van der Waals surface area contributed by atoms with Crippen molar-refractivity contribution in [1.29, 1.82) is 0 Å². The molecule has 3 fully saturated rings. The van der Waals surface area contributed by atoms with Crippen LogP contribution in [0.1, 0.15) is 90.1 Å². The number of piperidine rings is 1. The summed E-state index contributed by atoms with van der Waals surface area (Å²) in [5, 5.41) is 8.00. The molecule has 7 rings (SSSR count). The quantitative estimate of drug-likeness (QED) is 0.559. The van der Waals surface area contributed by atoms with Crippen molar-refractivity contribution in [1.82, 2.24) is 24.8 Å². The summed E-state index contributed by atoms with van der Waals surface area (Å²) in [5.74, 6) is 2.17. The van der Waals surface area contributed by atoms with Gasteiger partial charge in [-0.25, -0.2) is 4.98 Å². The summed E-state index contributed by atoms with van der Waals surface area (Å²) in [7, 11) is 2.02. The van der Waals surface area contributed by atoms with Gasteiger partial charge in [0.25, 0.3) is 11.8 Å². The molecule has 2 saturated carbocycles. The van der Waals surface area contributed by atoms with Crippen LogP contribution >= 0.6 is 0 Å². The standard InChI is InChI=1S/C29H34N6O3/c1-33-13-11-30-27(36)17-38-25-10-9-20(18-5-6-18)14-21(25)29(37)34-12-3-2-4-24(34)23-15-26-31-22(19-7-8-19)16-28(33)35(26)32-23/h9-10,14-16,18-19,24H,2-8,11-13,17H2,1H3,(H,30,36). The minimum atomic E-state index is -0.203. The number of nitrogens with one attached hydrogen (secondary N) is 1. The molecular weight excluding hydrogens is 480 g/mol. The third-order valence-corrected chi connectivity index (χ3v) is 8.35. The monoisotopic (exact) mass is 514 g/mol. The van der Waals surface area contributed by atoms with Gasteiger partial charge < -0.3 is 19.9 Å². The van der Waals surface area contributed by atoms with Crippen LogP contribution in [0.3, 0.4) is 0 Å². The number of hydrogen-bond donors (Lipinski definition) is 1. The number of likely N-dealkylation sites (N-methyl/N-ethyl adjacent to an activating group) is 1. The van der Waals surface area contributed by atoms with Crippen molar-refractivity contribution in [3.05, 3.63) is 52.8 Å². The van der Waals surface area contributed by atoms with E-state index in [4.69, 9.17) is 14.8 Å². The third-order valence-electron chi connectivity index (χ3n) is 8.35. The van der Waals surface area contributed by atoms with Gasteiger partial charge in [-0.05, 0) is 68.6 Å². The molecule has 38 heavy (non-hydrogen) atoms. The normalized spacial score (nSPS) is 22.7. The number of ether oxygens (including phenoxy) is 1. The number of benzene rings is 1. The van der Waals surface area contributed by atoms with Crippen molar-refractivity contribution in [3.63, 3.8) is 0 Å². The maximum Gasteiger partial charge on any atom is 0.258 e. The summed E-state index contributed by atoms with van der Waals surface area (Å²) in [5.41, 5.74) is 4.51. The van der Waals surface area contributed by atoms with E-state index in [2.05, 4.69) is 22.3 Å². The average Bonchev–Trinajstić information content (AvgIpc) is 3.87. The van der Waals surface area contributed by atoms with Gasteiger partial charge in [0.15, 0.2) is 12.3 Å². The number of rotatable bonds is 2. The molecule has 2 aromatic heterocycles. The first-order valence-corrected chi connectivity index (χ1v) is 14.0. The molecule has 2 amide bonds. The molecule has 0 spiro atoms. The third kappa shape index (κ3) is 4.37. The van der Waals surface area contributed by atoms with Gasteiger partial charge in [-0.2, -0.15) is 9.61 Å². The van der Waals surface area contributed by atoms with Gasteiger partial charge in [0, 0.05) is 50.4 Å². The second-order valence-corrected chi connectivity index (χ2v) is 11.3. The first-order valence-electron chi connectivity index (χ1n) is 14.0. The number of hydrogen-bond acceptors (Lipinski definition) is 6. The first kappa shape index (κ1) is 23.5. The number of aromatic nitrogens is 3. The van der Waals surface area contributed by atoms with Crippen LogP contribution in [0.5, 0.6) is 5.75 Å². The van der Waals surface area contributed by atoms with Gasteiger partial charge in [0.2, 0.25) is 0 Å². The van der Waals surface area contributed by atoms with Crippen molar-refractivity contribution >= 4 is 23.3 Å². The lowest BCUT2D eigenvalue weighted by molar-refractivity contribution is -0.123. The second kappa shape index (κ2) is 9.29. The van der Waals surface area contributed by atoms with E-state index in [1.807, 2.05) is 34.7 Å². The summed E-state index contributed by atoms with van der Waals surface area (Å²) >= 11 is 0. The van der Waals surface area contributed by atoms with E-state index in [-0.39, 0.29) is 24.5 Å². The number of carbonyl (C=O) groups excluding carboxylic acids is 2. The van der Waals surface area contributed by atoms with E-state index in [0.29, 0.717) is 42.8 Å². The van der Waals surface area contributed by atoms with Gasteiger partial charge in [0.05, 0.1) is 17.3 Å². The summed E-state index contributed by atoms with van der Waals surface area (Å²) in [6.45, 7) is 1.64. The Balaban J connectivity index is 1.34. The van der Waals surface area contributed by atoms with Crippen LogP contribution < -0.4 is 15.0 Å². The van der Waals surface area contributed by atoms with E-state index in [0.717, 1.165) is 67.8 Å². The Labute approximate surface area is 222 Å². The smallest absolute Gasteiger partial charge is 0.258 e. The number of amides is 2. The van der Waals surface area contributed by atoms with Crippen molar-refractivity contribution in [3.8, 4) is 5.75 Å². The number of fused-ring (bicyclic) bond motifs is 4. The molecule has 4 heterocycles. The van der Waals surface area contributed by atoms with Crippen LogP contribution in [0, 0.1) is 0 Å². The SMILES string of the molecule is CN1CCNC(=O)COc2ccc(C3CC3)cc2C(=O)N2CCCCC2c2cc3nc(C4CC4)cc1n3n2. The Hall–Kier alpha value is -3.62. The molecule has 0 radical (unpaired) electrons. The molecule has 2 aliphatic carbocycles. The van der Waals surface area contributed by atoms with Crippen LogP contribution in [-0.2, 0) is 4.79 Å². The molecule has 1 unspecified atom stereocenters. The lowest BCUT2D eigenvalue weighted by Gasteiger charge is -2.35. The predicted octanol–water partition coefficient (Wildman–Crippen LogP) is 3.80. The Kier molecular flexibility index (Phi) is 5.74. The molecule has 1 saturated heterocycles. The lowest BCUT2D eigenvalue weighted by Crippen LogP contribution is -2.39. The van der Waals surface area contributed by atoms with Crippen LogP contribution in [0.15, 0.2) is 30.3 Å². The van der Waals surface area contributed by atoms with Crippen LogP contribution in [-0.4, -0.2) is 64.6 Å². The molecule has 1 N–H and O–H groups in total. The fourth-order valence-corrected chi connectivity index (χ4v) is 5.84. The van der Waals surface area contributed by atoms with Gasteiger partial charge in [0.1, 0.15) is 11.6 Å². The Morgan fingerprint density at radius 3 is 2.61 bits per heavy atom. The topological polar surface area (TPSA) is 92.1 Å². The van der Waals surface area contributed by atoms with E-state index in [1.54, 1.807) is 0 Å². The Bertz CT molecular complexity index is 1410. The van der Waals surface area contributed by atoms with Gasteiger partial charge in [-0.15, -0.1) is 0 Å². The van der Waals surface area contributed by atoms with E-state index in [1.165, 1.54) is 5.56 Å². The van der Waals surface area contributed by atoms with Crippen molar-refractivity contribution in [2.45, 2.75) is 62.8 Å². The van der Waals surface area contributed by atoms with Crippen LogP contribution in [0.4, 0.5) is 5.82 Å². The highest BCUT2D eigenvalue weighted by molar-refractivity contribution is 5.97. The lowest BCUT2D eigenvalue weighted by atomic mass is 9.97. The van der Waals surface area contributed by atoms with E-state index < -0.39 is 0 Å². The molecule has 9 nitrogen and oxygen atoms in total. The molecule has 1 aromatic carbocycles. The highest BCUT2D eigenvalue weighted by Crippen LogP contribution is 2.43. The highest BCUT2D eigenvalue weighted by Gasteiger charge is 2.34. The van der Waals surface area contributed by atoms with Crippen molar-refractivity contribution < 1.29 is 14.3 Å². The highest BCUT2D eigenvalue weighted by atomic mass is 16.5. The fraction of sp³-hybridized carbons (Fsp3) is 0.517. The van der Waals surface area contributed by atoms with Gasteiger partial charge in [-0.1, -0.05) is 6.07 Å². The minimum absolute atomic E-state index is 0.0549. The van der Waals surface area contributed by atoms with E-state index in [9.17, 15) is 9.59 Å². The predicted molar refractivity (Wildman–Crippen MR) is 143 cm³/mol. The minimum Gasteiger partial charge on any atom is -0.483 e. The maximum absolute atomic E-state index is 14.2. The molecule has 2 aliphatic heterocycles. The number of nitrogens with zero attached hydrogens (tertiary/aromatic N) is 5. The fourth-order valence-electron chi connectivity index (χ4n) is 5.84. The Morgan fingerprint density at radius 1 is 0.947 bits per heavy atom. The molecule has 4 aliphatic rings. The van der Waals surface area contributed by atoms with Gasteiger partial charge >= 0.3 is 0 Å². The molecule has 198 valence electrons. The zero-order valence-electron chi connectivity index (χ0n) is 21.9. The largest absolute Gasteiger partial charge is 0.483 e. The Morgan fingerprint density at radius 2 is 1.79 bits per heavy atom. The molecule has 2 bridgehead atoms. The number of carbonyl (C=O) groups is 2. The molecule has 1 atom stereocenters. The van der Waals surface area contributed by atoms with Crippen molar-refractivity contribution in [2.24, 2.45) is 0 Å². The molecule has 9 heteroatoms. The zero-order valence-corrected chi connectivity index (χ0v) is 21.9. The molecule has 3 aromatic rings. The zero-order chi connectivity index (χ0) is 25.8. The maximum atomic E-state index is 14.2. The number of anilines is 1. The summed E-state index contributed by atoms with van der Waals surface area (Å²) in [4.78, 5) is 35.9. The molecular formula is C29H34N6O3. The van der Waals surface area contributed by atoms with Crippen LogP contribution in [0.25, 0.3) is 5.65 Å². The van der Waals surface area contributed by atoms with Crippen LogP contribution in [0.2, 0.25) is 0 Å². The summed E-state index contributed by atoms with van der Waals surface area (Å²) < 4.78 is 7.87. The van der Waals surface area contributed by atoms with Gasteiger partial charge in [-0.3, -0.25) is 9.59 Å². The second-order valence-electron chi connectivity index (χ2n) is 11.3.